The number of esters is 1. The summed E-state index contributed by atoms with van der Waals surface area (Å²) in [6.07, 6.45) is -3.95. The molecule has 2 aromatic carbocycles. The molecule has 0 spiro atoms. The first-order valence-corrected chi connectivity index (χ1v) is 11.9. The number of rotatable bonds is 11. The van der Waals surface area contributed by atoms with Gasteiger partial charge in [-0.05, 0) is 76.4 Å². The molecule has 1 aromatic heterocycles. The number of aliphatic hydroxyl groups excluding tert-OH is 1. The van der Waals surface area contributed by atoms with Crippen LogP contribution in [0, 0.1) is 0 Å². The highest BCUT2D eigenvalue weighted by Crippen LogP contribution is 2.38. The second-order valence-corrected chi connectivity index (χ2v) is 9.58. The molecule has 0 saturated heterocycles. The van der Waals surface area contributed by atoms with Crippen molar-refractivity contribution >= 4 is 16.9 Å². The van der Waals surface area contributed by atoms with Crippen molar-refractivity contribution in [2.24, 2.45) is 0 Å². The molecule has 3 rings (SSSR count). The van der Waals surface area contributed by atoms with E-state index in [9.17, 15) is 18.0 Å². The highest BCUT2D eigenvalue weighted by molar-refractivity contribution is 5.87. The number of ether oxygens (including phenoxy) is 3. The van der Waals surface area contributed by atoms with Crippen molar-refractivity contribution in [3.63, 3.8) is 0 Å². The molecule has 1 atom stereocenters. The minimum Gasteiger partial charge on any atom is -0.490 e. The fourth-order valence-corrected chi connectivity index (χ4v) is 3.98. The van der Waals surface area contributed by atoms with E-state index < -0.39 is 17.9 Å². The van der Waals surface area contributed by atoms with Gasteiger partial charge >= 0.3 is 12.3 Å². The Morgan fingerprint density at radius 3 is 2.51 bits per heavy atom. The molecule has 0 amide bonds. The maximum Gasteiger partial charge on any atom is 0.573 e. The Hall–Kier alpha value is -3.46. The minimum atomic E-state index is -4.88. The Morgan fingerprint density at radius 2 is 1.86 bits per heavy atom. The van der Waals surface area contributed by atoms with Crippen LogP contribution < -0.4 is 9.47 Å². The quantitative estimate of drug-likeness (QED) is 0.217. The number of hydrogen-bond donors (Lipinski definition) is 1. The van der Waals surface area contributed by atoms with Crippen molar-refractivity contribution in [2.45, 2.75) is 65.0 Å². The highest BCUT2D eigenvalue weighted by atomic mass is 19.4. The maximum atomic E-state index is 13.1. The second-order valence-electron chi connectivity index (χ2n) is 9.58. The van der Waals surface area contributed by atoms with Gasteiger partial charge in [0.15, 0.2) is 0 Å². The summed E-state index contributed by atoms with van der Waals surface area (Å²) in [6, 6.07) is 11.3. The molecule has 3 aromatic rings. The third-order valence-electron chi connectivity index (χ3n) is 5.49. The average Bonchev–Trinajstić information content (AvgIpc) is 3.18. The number of benzene rings is 2. The Kier molecular flexibility index (Phi) is 8.58. The van der Waals surface area contributed by atoms with Crippen LogP contribution in [0.3, 0.4) is 0 Å². The number of halogens is 3. The summed E-state index contributed by atoms with van der Waals surface area (Å²) >= 11 is 0. The summed E-state index contributed by atoms with van der Waals surface area (Å²) in [6.45, 7) is 10.5. The molecule has 1 unspecified atom stereocenters. The summed E-state index contributed by atoms with van der Waals surface area (Å²) in [5, 5.41) is 9.70. The lowest BCUT2D eigenvalue weighted by Crippen LogP contribution is -2.33. The van der Waals surface area contributed by atoms with Crippen LogP contribution in [0.15, 0.2) is 59.0 Å². The largest absolute Gasteiger partial charge is 0.573 e. The van der Waals surface area contributed by atoms with Gasteiger partial charge in [0.1, 0.15) is 28.4 Å². The van der Waals surface area contributed by atoms with Gasteiger partial charge in [0, 0.05) is 30.1 Å². The smallest absolute Gasteiger partial charge is 0.490 e. The van der Waals surface area contributed by atoms with Gasteiger partial charge in [-0.15, -0.1) is 13.2 Å². The van der Waals surface area contributed by atoms with Crippen LogP contribution in [0.5, 0.6) is 11.5 Å². The summed E-state index contributed by atoms with van der Waals surface area (Å²) in [5.41, 5.74) is 0.711. The number of carbonyl (C=O) groups is 1. The lowest BCUT2D eigenvalue weighted by Gasteiger charge is -2.28. The van der Waals surface area contributed by atoms with E-state index in [1.807, 2.05) is 6.92 Å². The van der Waals surface area contributed by atoms with Gasteiger partial charge in [-0.25, -0.2) is 4.79 Å². The number of aryl methyl sites for hydroxylation is 1. The number of alkyl halides is 3. The number of carbonyl (C=O) groups excluding carboxylic acids is 1. The molecule has 6 nitrogen and oxygen atoms in total. The van der Waals surface area contributed by atoms with E-state index in [1.54, 1.807) is 51.1 Å². The minimum absolute atomic E-state index is 0.0685. The maximum absolute atomic E-state index is 13.1. The van der Waals surface area contributed by atoms with Crippen LogP contribution in [0.4, 0.5) is 13.2 Å². The summed E-state index contributed by atoms with van der Waals surface area (Å²) in [7, 11) is 0. The molecule has 0 aliphatic heterocycles. The molecule has 1 N–H and O–H groups in total. The van der Waals surface area contributed by atoms with E-state index in [4.69, 9.17) is 19.0 Å². The van der Waals surface area contributed by atoms with Gasteiger partial charge in [0.05, 0.1) is 11.7 Å². The SMILES string of the molecule is C=C(C)C(=O)OC(C)(C)CC(C)Oc1ccc2cc(-c3ccc(CCCO)cc3OC(F)(F)F)oc2c1. The molecule has 1 heterocycles. The molecular formula is C28H31F3O6. The van der Waals surface area contributed by atoms with Crippen molar-refractivity contribution in [1.29, 1.82) is 0 Å². The Bertz CT molecular complexity index is 1260. The first-order chi connectivity index (χ1) is 17.3. The van der Waals surface area contributed by atoms with Gasteiger partial charge < -0.3 is 23.7 Å². The van der Waals surface area contributed by atoms with Crippen molar-refractivity contribution in [1.82, 2.24) is 0 Å². The van der Waals surface area contributed by atoms with Gasteiger partial charge in [-0.3, -0.25) is 0 Å². The van der Waals surface area contributed by atoms with E-state index >= 15 is 0 Å². The second kappa shape index (κ2) is 11.3. The molecule has 0 saturated carbocycles. The van der Waals surface area contributed by atoms with Crippen molar-refractivity contribution in [3.05, 3.63) is 60.2 Å². The third-order valence-corrected chi connectivity index (χ3v) is 5.49. The van der Waals surface area contributed by atoms with E-state index in [-0.39, 0.29) is 29.8 Å². The fraction of sp³-hybridized carbons (Fsp3) is 0.393. The molecule has 200 valence electrons. The van der Waals surface area contributed by atoms with Crippen molar-refractivity contribution < 1.29 is 41.7 Å². The predicted molar refractivity (Wildman–Crippen MR) is 133 cm³/mol. The fourth-order valence-electron chi connectivity index (χ4n) is 3.98. The normalized spacial score (nSPS) is 12.9. The van der Waals surface area contributed by atoms with E-state index in [0.29, 0.717) is 47.1 Å². The van der Waals surface area contributed by atoms with Gasteiger partial charge in [0.25, 0.3) is 0 Å². The Labute approximate surface area is 213 Å². The van der Waals surface area contributed by atoms with Crippen LogP contribution in [-0.4, -0.2) is 35.8 Å². The van der Waals surface area contributed by atoms with E-state index in [2.05, 4.69) is 11.3 Å². The summed E-state index contributed by atoms with van der Waals surface area (Å²) in [5.74, 6) is -0.147. The highest BCUT2D eigenvalue weighted by Gasteiger charge is 2.33. The number of fused-ring (bicyclic) bond motifs is 1. The van der Waals surface area contributed by atoms with Gasteiger partial charge in [-0.1, -0.05) is 12.6 Å². The van der Waals surface area contributed by atoms with Crippen molar-refractivity contribution in [3.8, 4) is 22.8 Å². The molecule has 0 fully saturated rings. The predicted octanol–water partition coefficient (Wildman–Crippen LogP) is 6.98. The molecule has 0 radical (unpaired) electrons. The first-order valence-electron chi connectivity index (χ1n) is 11.9. The monoisotopic (exact) mass is 520 g/mol. The lowest BCUT2D eigenvalue weighted by molar-refractivity contribution is -0.274. The third kappa shape index (κ3) is 8.01. The zero-order chi connectivity index (χ0) is 27.4. The lowest BCUT2D eigenvalue weighted by atomic mass is 10.0. The average molecular weight is 521 g/mol. The summed E-state index contributed by atoms with van der Waals surface area (Å²) in [4.78, 5) is 11.9. The van der Waals surface area contributed by atoms with E-state index in [1.165, 1.54) is 12.1 Å². The standard InChI is InChI=1S/C28H31F3O6/c1-17(2)26(33)37-27(4,5)16-18(3)34-21-10-9-20-14-24(35-23(20)15-21)22-11-8-19(7-6-12-32)13-25(22)36-28(29,30)31/h8-11,13-15,18,32H,1,6-7,12,16H2,2-5H3. The topological polar surface area (TPSA) is 78.1 Å². The molecule has 0 bridgehead atoms. The Balaban J connectivity index is 1.82. The van der Waals surface area contributed by atoms with Gasteiger partial charge in [-0.2, -0.15) is 0 Å². The van der Waals surface area contributed by atoms with E-state index in [0.717, 1.165) is 0 Å². The molecule has 9 heteroatoms. The molecule has 0 aliphatic rings. The van der Waals surface area contributed by atoms with Crippen molar-refractivity contribution in [2.75, 3.05) is 6.61 Å². The molecule has 0 aliphatic carbocycles. The molecule has 37 heavy (non-hydrogen) atoms. The number of hydrogen-bond acceptors (Lipinski definition) is 6. The Morgan fingerprint density at radius 1 is 1.14 bits per heavy atom. The van der Waals surface area contributed by atoms with Crippen LogP contribution in [0.1, 0.15) is 46.1 Å². The zero-order valence-corrected chi connectivity index (χ0v) is 21.3. The van der Waals surface area contributed by atoms with Crippen LogP contribution in [-0.2, 0) is 16.0 Å². The van der Waals surface area contributed by atoms with Crippen LogP contribution in [0.2, 0.25) is 0 Å². The number of aliphatic hydroxyl groups is 1. The van der Waals surface area contributed by atoms with Crippen LogP contribution in [0.25, 0.3) is 22.3 Å². The first kappa shape index (κ1) is 28.1. The summed E-state index contributed by atoms with van der Waals surface area (Å²) < 4.78 is 60.9. The number of furan rings is 1. The molecular weight excluding hydrogens is 489 g/mol. The zero-order valence-electron chi connectivity index (χ0n) is 21.3. The van der Waals surface area contributed by atoms with Gasteiger partial charge in [0.2, 0.25) is 0 Å². The van der Waals surface area contributed by atoms with Crippen LogP contribution >= 0.6 is 0 Å².